The Morgan fingerprint density at radius 1 is 0.844 bits per heavy atom. The first-order valence-electron chi connectivity index (χ1n) is 10.2. The van der Waals surface area contributed by atoms with E-state index in [0.717, 1.165) is 16.7 Å². The lowest BCUT2D eigenvalue weighted by molar-refractivity contribution is -0.143. The first-order valence-corrected chi connectivity index (χ1v) is 10.2. The molecule has 0 fully saturated rings. The molecule has 3 aromatic carbocycles. The van der Waals surface area contributed by atoms with Crippen molar-refractivity contribution in [2.24, 2.45) is 0 Å². The summed E-state index contributed by atoms with van der Waals surface area (Å²) in [6, 6.07) is 26.2. The fraction of sp³-hybridized carbons (Fsp3) is 0.111. The van der Waals surface area contributed by atoms with E-state index in [2.05, 4.69) is 5.32 Å². The van der Waals surface area contributed by atoms with E-state index >= 15 is 0 Å². The summed E-state index contributed by atoms with van der Waals surface area (Å²) in [4.78, 5) is 24.7. The fourth-order valence-corrected chi connectivity index (χ4v) is 2.97. The van der Waals surface area contributed by atoms with Gasteiger partial charge in [-0.05, 0) is 41.0 Å². The molecule has 0 heterocycles. The predicted octanol–water partition coefficient (Wildman–Crippen LogP) is 4.82. The number of ether oxygens (including phenoxy) is 2. The SMILES string of the molecule is COc1cccc([C@H](CNC(=O)/C=C/c2ccccc2)OC(=O)/C=C/c2ccccc2)c1. The van der Waals surface area contributed by atoms with Crippen LogP contribution in [0.1, 0.15) is 22.8 Å². The highest BCUT2D eigenvalue weighted by Gasteiger charge is 2.17. The number of benzene rings is 3. The van der Waals surface area contributed by atoms with Crippen molar-refractivity contribution >= 4 is 24.0 Å². The van der Waals surface area contributed by atoms with Gasteiger partial charge in [0.05, 0.1) is 13.7 Å². The molecule has 0 aliphatic rings. The minimum Gasteiger partial charge on any atom is -0.497 e. The number of hydrogen-bond acceptors (Lipinski definition) is 4. The third kappa shape index (κ3) is 7.29. The topological polar surface area (TPSA) is 64.6 Å². The molecule has 3 aromatic rings. The second-order valence-corrected chi connectivity index (χ2v) is 6.94. The maximum atomic E-state index is 12.4. The first-order chi connectivity index (χ1) is 15.6. The van der Waals surface area contributed by atoms with Gasteiger partial charge in [-0.3, -0.25) is 4.79 Å². The maximum absolute atomic E-state index is 12.4. The van der Waals surface area contributed by atoms with E-state index in [1.165, 1.54) is 12.2 Å². The summed E-state index contributed by atoms with van der Waals surface area (Å²) in [6.07, 6.45) is 5.57. The number of esters is 1. The zero-order valence-corrected chi connectivity index (χ0v) is 17.8. The molecule has 0 aliphatic carbocycles. The van der Waals surface area contributed by atoms with Crippen molar-refractivity contribution in [3.8, 4) is 5.75 Å². The van der Waals surface area contributed by atoms with Crippen LogP contribution in [-0.2, 0) is 14.3 Å². The second-order valence-electron chi connectivity index (χ2n) is 6.94. The summed E-state index contributed by atoms with van der Waals surface area (Å²) in [5.74, 6) is -0.146. The zero-order chi connectivity index (χ0) is 22.6. The number of amides is 1. The molecule has 0 saturated heterocycles. The van der Waals surface area contributed by atoms with Crippen molar-refractivity contribution in [2.45, 2.75) is 6.10 Å². The molecular weight excluding hydrogens is 402 g/mol. The van der Waals surface area contributed by atoms with Crippen LogP contribution in [0.2, 0.25) is 0 Å². The zero-order valence-electron chi connectivity index (χ0n) is 17.8. The van der Waals surface area contributed by atoms with Gasteiger partial charge in [0.15, 0.2) is 0 Å². The molecule has 32 heavy (non-hydrogen) atoms. The molecule has 5 nitrogen and oxygen atoms in total. The van der Waals surface area contributed by atoms with Crippen molar-refractivity contribution in [2.75, 3.05) is 13.7 Å². The normalized spacial score (nSPS) is 11.9. The lowest BCUT2D eigenvalue weighted by Gasteiger charge is -2.18. The van der Waals surface area contributed by atoms with Gasteiger partial charge < -0.3 is 14.8 Å². The van der Waals surface area contributed by atoms with Gasteiger partial charge in [0.2, 0.25) is 5.91 Å². The molecule has 0 spiro atoms. The molecule has 0 aromatic heterocycles. The quantitative estimate of drug-likeness (QED) is 0.393. The number of methoxy groups -OCH3 is 1. The maximum Gasteiger partial charge on any atom is 0.331 e. The van der Waals surface area contributed by atoms with Crippen molar-refractivity contribution < 1.29 is 19.1 Å². The number of hydrogen-bond donors (Lipinski definition) is 1. The fourth-order valence-electron chi connectivity index (χ4n) is 2.97. The van der Waals surface area contributed by atoms with Crippen molar-refractivity contribution in [1.29, 1.82) is 0 Å². The van der Waals surface area contributed by atoms with Gasteiger partial charge in [0.1, 0.15) is 11.9 Å². The minimum atomic E-state index is -0.674. The molecule has 0 aliphatic heterocycles. The van der Waals surface area contributed by atoms with Crippen LogP contribution in [0.4, 0.5) is 0 Å². The molecule has 0 unspecified atom stereocenters. The van der Waals surface area contributed by atoms with Gasteiger partial charge in [-0.1, -0.05) is 72.8 Å². The van der Waals surface area contributed by atoms with E-state index in [4.69, 9.17) is 9.47 Å². The van der Waals surface area contributed by atoms with E-state index in [1.54, 1.807) is 31.4 Å². The summed E-state index contributed by atoms with van der Waals surface area (Å²) in [5, 5.41) is 2.80. The summed E-state index contributed by atoms with van der Waals surface area (Å²) in [7, 11) is 1.57. The van der Waals surface area contributed by atoms with Gasteiger partial charge >= 0.3 is 5.97 Å². The van der Waals surface area contributed by atoms with Crippen LogP contribution in [0.3, 0.4) is 0 Å². The van der Waals surface area contributed by atoms with Crippen LogP contribution in [0.5, 0.6) is 5.75 Å². The number of nitrogens with one attached hydrogen (secondary N) is 1. The van der Waals surface area contributed by atoms with Gasteiger partial charge in [-0.2, -0.15) is 0 Å². The largest absolute Gasteiger partial charge is 0.497 e. The lowest BCUT2D eigenvalue weighted by atomic mass is 10.1. The Bertz CT molecular complexity index is 1080. The molecule has 1 amide bonds. The summed E-state index contributed by atoms with van der Waals surface area (Å²) >= 11 is 0. The van der Waals surface area contributed by atoms with Gasteiger partial charge in [-0.15, -0.1) is 0 Å². The second kappa shape index (κ2) is 11.9. The third-order valence-corrected chi connectivity index (χ3v) is 4.62. The van der Waals surface area contributed by atoms with E-state index in [9.17, 15) is 9.59 Å². The summed E-state index contributed by atoms with van der Waals surface area (Å²) < 4.78 is 10.9. The monoisotopic (exact) mass is 427 g/mol. The lowest BCUT2D eigenvalue weighted by Crippen LogP contribution is -2.29. The van der Waals surface area contributed by atoms with Crippen molar-refractivity contribution in [1.82, 2.24) is 5.32 Å². The molecular formula is C27H25NO4. The number of rotatable bonds is 9. The molecule has 1 atom stereocenters. The summed E-state index contributed by atoms with van der Waals surface area (Å²) in [5.41, 5.74) is 2.53. The Balaban J connectivity index is 1.67. The molecule has 1 N–H and O–H groups in total. The minimum absolute atomic E-state index is 0.121. The highest BCUT2D eigenvalue weighted by Crippen LogP contribution is 2.22. The molecule has 3 rings (SSSR count). The van der Waals surface area contributed by atoms with Crippen LogP contribution < -0.4 is 10.1 Å². The van der Waals surface area contributed by atoms with Gasteiger partial charge in [0.25, 0.3) is 0 Å². The van der Waals surface area contributed by atoms with E-state index in [1.807, 2.05) is 72.8 Å². The Hall–Kier alpha value is -4.12. The van der Waals surface area contributed by atoms with Crippen LogP contribution >= 0.6 is 0 Å². The van der Waals surface area contributed by atoms with Crippen LogP contribution in [0.25, 0.3) is 12.2 Å². The third-order valence-electron chi connectivity index (χ3n) is 4.62. The van der Waals surface area contributed by atoms with E-state index < -0.39 is 12.1 Å². The Kier molecular flexibility index (Phi) is 8.40. The molecule has 0 radical (unpaired) electrons. The number of carbonyl (C=O) groups is 2. The van der Waals surface area contributed by atoms with Gasteiger partial charge in [-0.25, -0.2) is 4.79 Å². The molecule has 162 valence electrons. The van der Waals surface area contributed by atoms with Crippen molar-refractivity contribution in [3.63, 3.8) is 0 Å². The predicted molar refractivity (Wildman–Crippen MR) is 126 cm³/mol. The van der Waals surface area contributed by atoms with Crippen LogP contribution in [-0.4, -0.2) is 25.5 Å². The van der Waals surface area contributed by atoms with Crippen LogP contribution in [0.15, 0.2) is 97.1 Å². The smallest absolute Gasteiger partial charge is 0.331 e. The molecule has 0 bridgehead atoms. The van der Waals surface area contributed by atoms with E-state index in [0.29, 0.717) is 5.75 Å². The number of carbonyl (C=O) groups excluding carboxylic acids is 2. The standard InChI is InChI=1S/C27H25NO4/c1-31-24-14-8-13-23(19-24)25(32-27(30)18-16-22-11-6-3-7-12-22)20-28-26(29)17-15-21-9-4-2-5-10-21/h2-19,25H,20H2,1H3,(H,28,29)/b17-15+,18-16+/t25-/m0/s1. The molecule has 0 saturated carbocycles. The van der Waals surface area contributed by atoms with Crippen LogP contribution in [0, 0.1) is 0 Å². The van der Waals surface area contributed by atoms with E-state index in [-0.39, 0.29) is 12.5 Å². The van der Waals surface area contributed by atoms with Crippen molar-refractivity contribution in [3.05, 3.63) is 114 Å². The average molecular weight is 428 g/mol. The Labute approximate surface area is 188 Å². The highest BCUT2D eigenvalue weighted by molar-refractivity contribution is 5.91. The summed E-state index contributed by atoms with van der Waals surface area (Å²) in [6.45, 7) is 0.121. The van der Waals surface area contributed by atoms with Gasteiger partial charge in [0, 0.05) is 12.2 Å². The average Bonchev–Trinajstić information content (AvgIpc) is 2.85. The Morgan fingerprint density at radius 2 is 1.47 bits per heavy atom. The first kappa shape index (κ1) is 22.6. The Morgan fingerprint density at radius 3 is 2.09 bits per heavy atom. The molecule has 5 heteroatoms. The highest BCUT2D eigenvalue weighted by atomic mass is 16.5.